The molecule has 1 aliphatic heterocycles. The molecule has 0 atom stereocenters. The quantitative estimate of drug-likeness (QED) is 0.625. The number of hydrogen-bond donors (Lipinski definition) is 1. The summed E-state index contributed by atoms with van der Waals surface area (Å²) in [5.74, 6) is -0.966. The maximum absolute atomic E-state index is 13.1. The third-order valence-electron chi connectivity index (χ3n) is 4.85. The van der Waals surface area contributed by atoms with Crippen LogP contribution in [0.2, 0.25) is 0 Å². The van der Waals surface area contributed by atoms with Crippen LogP contribution < -0.4 is 5.32 Å². The normalized spacial score (nSPS) is 13.7. The Hall–Kier alpha value is -3.39. The molecule has 2 aromatic carbocycles. The van der Waals surface area contributed by atoms with Gasteiger partial charge in [-0.05, 0) is 48.9 Å². The van der Waals surface area contributed by atoms with Crippen LogP contribution in [0.5, 0.6) is 0 Å². The minimum atomic E-state index is -0.318. The van der Waals surface area contributed by atoms with Crippen molar-refractivity contribution >= 4 is 34.2 Å². The predicted octanol–water partition coefficient (Wildman–Crippen LogP) is 4.16. The molecule has 0 saturated carbocycles. The van der Waals surface area contributed by atoms with Gasteiger partial charge in [0.2, 0.25) is 11.8 Å². The van der Waals surface area contributed by atoms with Crippen LogP contribution in [-0.4, -0.2) is 27.6 Å². The number of halogens is 1. The number of aromatic nitrogens is 1. The fraction of sp³-hybridized carbons (Fsp3) is 0.182. The Balaban J connectivity index is 1.44. The molecule has 1 N–H and O–H groups in total. The van der Waals surface area contributed by atoms with Gasteiger partial charge in [0.25, 0.3) is 5.91 Å². The largest absolute Gasteiger partial charge is 0.298 e. The first-order chi connectivity index (χ1) is 14.4. The zero-order valence-corrected chi connectivity index (χ0v) is 17.0. The number of aryl methyl sites for hydroxylation is 1. The molecule has 1 aliphatic rings. The Morgan fingerprint density at radius 3 is 2.33 bits per heavy atom. The van der Waals surface area contributed by atoms with Gasteiger partial charge < -0.3 is 0 Å². The van der Waals surface area contributed by atoms with Crippen molar-refractivity contribution in [2.24, 2.45) is 0 Å². The molecule has 3 amide bonds. The number of hydrogen-bond acceptors (Lipinski definition) is 5. The van der Waals surface area contributed by atoms with E-state index in [9.17, 15) is 18.8 Å². The summed E-state index contributed by atoms with van der Waals surface area (Å²) in [5, 5.41) is 3.24. The first-order valence-corrected chi connectivity index (χ1v) is 10.2. The molecule has 152 valence electrons. The van der Waals surface area contributed by atoms with Crippen LogP contribution in [0.15, 0.2) is 48.5 Å². The van der Waals surface area contributed by atoms with Crippen LogP contribution in [0.25, 0.3) is 11.3 Å². The second kappa shape index (κ2) is 8.16. The van der Waals surface area contributed by atoms with Gasteiger partial charge in [-0.15, -0.1) is 11.3 Å². The number of likely N-dealkylation sites (tertiary alicyclic amines) is 1. The van der Waals surface area contributed by atoms with Crippen LogP contribution in [0, 0.1) is 12.7 Å². The Labute approximate surface area is 176 Å². The molecule has 8 heteroatoms. The second-order valence-corrected chi connectivity index (χ2v) is 8.16. The standard InChI is InChI=1S/C22H18FN3O3S/c1-13-20(15-6-8-17(23)9-7-15)24-22(30-13)25-21(29)16-4-2-14(3-5-16)12-26-18(27)10-11-19(26)28/h2-9H,10-12H2,1H3,(H,24,25,29). The highest BCUT2D eigenvalue weighted by atomic mass is 32.1. The first-order valence-electron chi connectivity index (χ1n) is 9.37. The average molecular weight is 423 g/mol. The lowest BCUT2D eigenvalue weighted by Crippen LogP contribution is -2.28. The third-order valence-corrected chi connectivity index (χ3v) is 5.73. The number of benzene rings is 2. The van der Waals surface area contributed by atoms with E-state index >= 15 is 0 Å². The molecule has 0 spiro atoms. The van der Waals surface area contributed by atoms with Crippen LogP contribution in [0.4, 0.5) is 9.52 Å². The molecule has 4 rings (SSSR count). The lowest BCUT2D eigenvalue weighted by molar-refractivity contribution is -0.139. The van der Waals surface area contributed by atoms with Gasteiger partial charge in [-0.1, -0.05) is 12.1 Å². The zero-order valence-electron chi connectivity index (χ0n) is 16.1. The minimum absolute atomic E-state index is 0.169. The molecule has 1 fully saturated rings. The SMILES string of the molecule is Cc1sc(NC(=O)c2ccc(CN3C(=O)CCC3=O)cc2)nc1-c1ccc(F)cc1. The lowest BCUT2D eigenvalue weighted by Gasteiger charge is -2.13. The monoisotopic (exact) mass is 423 g/mol. The highest BCUT2D eigenvalue weighted by Gasteiger charge is 2.28. The summed E-state index contributed by atoms with van der Waals surface area (Å²) < 4.78 is 13.1. The molecule has 0 unspecified atom stereocenters. The molecule has 0 bridgehead atoms. The Morgan fingerprint density at radius 1 is 1.07 bits per heavy atom. The molecule has 2 heterocycles. The predicted molar refractivity (Wildman–Crippen MR) is 111 cm³/mol. The van der Waals surface area contributed by atoms with Gasteiger partial charge in [-0.3, -0.25) is 24.6 Å². The Morgan fingerprint density at radius 2 is 1.70 bits per heavy atom. The number of rotatable bonds is 5. The molecular weight excluding hydrogens is 405 g/mol. The van der Waals surface area contributed by atoms with E-state index in [-0.39, 0.29) is 42.9 Å². The summed E-state index contributed by atoms with van der Waals surface area (Å²) in [5.41, 5.74) is 2.69. The van der Waals surface area contributed by atoms with Crippen molar-refractivity contribution in [1.82, 2.24) is 9.88 Å². The molecular formula is C22H18FN3O3S. The van der Waals surface area contributed by atoms with Gasteiger partial charge >= 0.3 is 0 Å². The fourth-order valence-electron chi connectivity index (χ4n) is 3.24. The third kappa shape index (κ3) is 4.13. The molecule has 0 aliphatic carbocycles. The van der Waals surface area contributed by atoms with Gasteiger partial charge in [0.15, 0.2) is 5.13 Å². The van der Waals surface area contributed by atoms with Crippen LogP contribution in [0.1, 0.15) is 33.6 Å². The van der Waals surface area contributed by atoms with Crippen LogP contribution >= 0.6 is 11.3 Å². The van der Waals surface area contributed by atoms with Crippen molar-refractivity contribution in [1.29, 1.82) is 0 Å². The number of carbonyl (C=O) groups is 3. The highest BCUT2D eigenvalue weighted by Crippen LogP contribution is 2.30. The summed E-state index contributed by atoms with van der Waals surface area (Å²) in [6.07, 6.45) is 0.513. The molecule has 3 aromatic rings. The first kappa shape index (κ1) is 19.9. The number of nitrogens with zero attached hydrogens (tertiary/aromatic N) is 2. The second-order valence-electron chi connectivity index (χ2n) is 6.96. The smallest absolute Gasteiger partial charge is 0.257 e. The maximum atomic E-state index is 13.1. The van der Waals surface area contributed by atoms with Crippen molar-refractivity contribution in [3.63, 3.8) is 0 Å². The van der Waals surface area contributed by atoms with E-state index in [2.05, 4.69) is 10.3 Å². The van der Waals surface area contributed by atoms with Gasteiger partial charge in [0.05, 0.1) is 12.2 Å². The van der Waals surface area contributed by atoms with Crippen molar-refractivity contribution in [3.05, 3.63) is 70.4 Å². The minimum Gasteiger partial charge on any atom is -0.298 e. The van der Waals surface area contributed by atoms with E-state index in [1.54, 1.807) is 36.4 Å². The van der Waals surface area contributed by atoms with E-state index < -0.39 is 0 Å². The van der Waals surface area contributed by atoms with E-state index in [0.717, 1.165) is 16.0 Å². The fourth-order valence-corrected chi connectivity index (χ4v) is 4.07. The summed E-state index contributed by atoms with van der Waals surface area (Å²) in [6.45, 7) is 2.11. The molecule has 1 saturated heterocycles. The van der Waals surface area contributed by atoms with Crippen molar-refractivity contribution in [2.45, 2.75) is 26.3 Å². The van der Waals surface area contributed by atoms with Crippen LogP contribution in [-0.2, 0) is 16.1 Å². The van der Waals surface area contributed by atoms with Gasteiger partial charge in [0, 0.05) is 28.8 Å². The van der Waals surface area contributed by atoms with Gasteiger partial charge in [-0.2, -0.15) is 0 Å². The van der Waals surface area contributed by atoms with Crippen molar-refractivity contribution in [3.8, 4) is 11.3 Å². The van der Waals surface area contributed by atoms with Crippen LogP contribution in [0.3, 0.4) is 0 Å². The highest BCUT2D eigenvalue weighted by molar-refractivity contribution is 7.16. The Kier molecular flexibility index (Phi) is 5.41. The molecule has 6 nitrogen and oxygen atoms in total. The summed E-state index contributed by atoms with van der Waals surface area (Å²) >= 11 is 1.34. The summed E-state index contributed by atoms with van der Waals surface area (Å²) in [6, 6.07) is 12.8. The Bertz CT molecular complexity index is 1110. The van der Waals surface area contributed by atoms with Gasteiger partial charge in [-0.25, -0.2) is 9.37 Å². The van der Waals surface area contributed by atoms with Crippen molar-refractivity contribution in [2.75, 3.05) is 5.32 Å². The van der Waals surface area contributed by atoms with Crippen molar-refractivity contribution < 1.29 is 18.8 Å². The van der Waals surface area contributed by atoms with E-state index in [1.807, 2.05) is 6.92 Å². The zero-order chi connectivity index (χ0) is 21.3. The number of thiazole rings is 1. The molecule has 0 radical (unpaired) electrons. The number of amides is 3. The van der Waals surface area contributed by atoms with E-state index in [4.69, 9.17) is 0 Å². The molecule has 30 heavy (non-hydrogen) atoms. The summed E-state index contributed by atoms with van der Waals surface area (Å²) in [7, 11) is 0. The number of nitrogens with one attached hydrogen (secondary N) is 1. The average Bonchev–Trinajstić information content (AvgIpc) is 3.25. The number of imide groups is 1. The van der Waals surface area contributed by atoms with E-state index in [1.165, 1.54) is 28.4 Å². The maximum Gasteiger partial charge on any atom is 0.257 e. The number of carbonyl (C=O) groups excluding carboxylic acids is 3. The lowest BCUT2D eigenvalue weighted by atomic mass is 10.1. The topological polar surface area (TPSA) is 79.4 Å². The van der Waals surface area contributed by atoms with E-state index in [0.29, 0.717) is 16.4 Å². The summed E-state index contributed by atoms with van der Waals surface area (Å²) in [4.78, 5) is 42.6. The molecule has 1 aromatic heterocycles. The number of anilines is 1. The van der Waals surface area contributed by atoms with Gasteiger partial charge in [0.1, 0.15) is 5.82 Å².